The molecule has 0 aliphatic heterocycles. The summed E-state index contributed by atoms with van der Waals surface area (Å²) in [7, 11) is -4.00. The van der Waals surface area contributed by atoms with Gasteiger partial charge in [-0.25, -0.2) is 0 Å². The van der Waals surface area contributed by atoms with Gasteiger partial charge in [0.2, 0.25) is 10.9 Å². The number of carbonyl (C=O) groups is 1. The van der Waals surface area contributed by atoms with E-state index in [9.17, 15) is 13.2 Å². The Morgan fingerprint density at radius 2 is 1.56 bits per heavy atom. The molecule has 4 aromatic rings. The smallest absolute Gasteiger partial charge is 0.282 e. The number of aromatic nitrogens is 4. The van der Waals surface area contributed by atoms with E-state index >= 15 is 0 Å². The van der Waals surface area contributed by atoms with Crippen LogP contribution in [0.2, 0.25) is 0 Å². The molecule has 0 radical (unpaired) electrons. The van der Waals surface area contributed by atoms with Crippen molar-refractivity contribution in [1.82, 2.24) is 20.2 Å². The molecule has 0 N–H and O–H groups in total. The van der Waals surface area contributed by atoms with Gasteiger partial charge in [-0.1, -0.05) is 60.2 Å². The van der Waals surface area contributed by atoms with Gasteiger partial charge in [0.15, 0.2) is 0 Å². The number of para-hydroxylation sites is 1. The van der Waals surface area contributed by atoms with E-state index in [1.807, 2.05) is 37.3 Å². The Balaban J connectivity index is 1.58. The van der Waals surface area contributed by atoms with E-state index in [0.29, 0.717) is 16.3 Å². The second kappa shape index (κ2) is 8.81. The van der Waals surface area contributed by atoms with Crippen LogP contribution in [0, 0.1) is 6.92 Å². The predicted octanol–water partition coefficient (Wildman–Crippen LogP) is 4.02. The summed E-state index contributed by atoms with van der Waals surface area (Å²) in [4.78, 5) is 13.6. The average molecular weight is 488 g/mol. The first-order valence-electron chi connectivity index (χ1n) is 10.2. The fourth-order valence-corrected chi connectivity index (χ4v) is 5.29. The molecular weight excluding hydrogens is 470 g/mol. The highest BCUT2D eigenvalue weighted by atomic mass is 32.2. The number of carbonyl (C=O) groups excluding carboxylic acids is 1. The Morgan fingerprint density at radius 3 is 2.29 bits per heavy atom. The van der Waals surface area contributed by atoms with Crippen LogP contribution in [-0.4, -0.2) is 40.1 Å². The monoisotopic (exact) mass is 487 g/mol. The van der Waals surface area contributed by atoms with Gasteiger partial charge < -0.3 is 0 Å². The van der Waals surface area contributed by atoms with Crippen LogP contribution in [0.3, 0.4) is 0 Å². The van der Waals surface area contributed by atoms with Crippen molar-refractivity contribution in [1.29, 1.82) is 0 Å². The summed E-state index contributed by atoms with van der Waals surface area (Å²) < 4.78 is 31.6. The minimum atomic E-state index is -4.00. The normalized spacial score (nSPS) is 14.7. The van der Waals surface area contributed by atoms with Gasteiger partial charge in [-0.15, -0.1) is 5.10 Å². The number of hydrogen-bond acceptors (Lipinski definition) is 7. The lowest BCUT2D eigenvalue weighted by Crippen LogP contribution is -2.18. The highest BCUT2D eigenvalue weighted by Crippen LogP contribution is 2.33. The maximum atomic E-state index is 13.2. The van der Waals surface area contributed by atoms with Gasteiger partial charge >= 0.3 is 0 Å². The summed E-state index contributed by atoms with van der Waals surface area (Å²) in [6.45, 7) is 1.88. The third-order valence-electron chi connectivity index (χ3n) is 5.12. The van der Waals surface area contributed by atoms with Crippen molar-refractivity contribution in [2.24, 2.45) is 4.40 Å². The van der Waals surface area contributed by atoms with E-state index in [1.54, 1.807) is 36.4 Å². The Hall–Kier alpha value is -3.89. The van der Waals surface area contributed by atoms with Gasteiger partial charge in [0.25, 0.3) is 10.0 Å². The molecule has 168 valence electrons. The fourth-order valence-electron chi connectivity index (χ4n) is 3.42. The quantitative estimate of drug-likeness (QED) is 0.418. The van der Waals surface area contributed by atoms with E-state index in [0.717, 1.165) is 23.0 Å². The van der Waals surface area contributed by atoms with E-state index in [1.165, 1.54) is 22.9 Å². The molecule has 1 aromatic heterocycles. The van der Waals surface area contributed by atoms with Crippen molar-refractivity contribution in [3.8, 4) is 5.69 Å². The molecule has 8 nitrogen and oxygen atoms in total. The van der Waals surface area contributed by atoms with Crippen LogP contribution in [0.1, 0.15) is 21.5 Å². The molecule has 0 saturated carbocycles. The molecule has 0 amide bonds. The second-order valence-corrected chi connectivity index (χ2v) is 10.1. The number of benzene rings is 3. The molecule has 1 heterocycles. The molecular formula is C24H17N5O3S2. The molecule has 1 aliphatic rings. The first-order valence-corrected chi connectivity index (χ1v) is 12.5. The zero-order chi connectivity index (χ0) is 23.7. The minimum Gasteiger partial charge on any atom is -0.288 e. The largest absolute Gasteiger partial charge is 0.288 e. The topological polar surface area (TPSA) is 107 Å². The lowest BCUT2D eigenvalue weighted by molar-refractivity contribution is 0.104. The number of aryl methyl sites for hydroxylation is 1. The van der Waals surface area contributed by atoms with E-state index in [2.05, 4.69) is 19.9 Å². The number of thioether (sulfide) groups is 1. The number of nitrogens with zero attached hydrogens (tertiary/aromatic N) is 5. The van der Waals surface area contributed by atoms with Crippen molar-refractivity contribution in [2.75, 3.05) is 0 Å². The predicted molar refractivity (Wildman–Crippen MR) is 129 cm³/mol. The van der Waals surface area contributed by atoms with Crippen molar-refractivity contribution in [3.05, 3.63) is 107 Å². The maximum absolute atomic E-state index is 13.2. The highest BCUT2D eigenvalue weighted by Gasteiger charge is 2.28. The molecule has 0 unspecified atom stereocenters. The van der Waals surface area contributed by atoms with Crippen LogP contribution >= 0.6 is 11.8 Å². The SMILES string of the molecule is Cc1ccc(S(=O)(=O)/N=C2\C=C(Sc3nnnn3-c3ccccc3)C(=O)c3ccccc32)cc1. The van der Waals surface area contributed by atoms with Crippen LogP contribution in [0.4, 0.5) is 0 Å². The van der Waals surface area contributed by atoms with Crippen molar-refractivity contribution in [2.45, 2.75) is 17.0 Å². The van der Waals surface area contributed by atoms with Gasteiger partial charge in [0, 0.05) is 11.1 Å². The summed E-state index contributed by atoms with van der Waals surface area (Å²) in [6.07, 6.45) is 1.48. The second-order valence-electron chi connectivity index (χ2n) is 7.46. The number of ketones is 1. The Bertz CT molecular complexity index is 1560. The standard InChI is InChI=1S/C24H17N5O3S2/c1-16-11-13-18(14-12-16)34(31,32)26-21-15-22(23(30)20-10-6-5-9-19(20)21)33-24-25-27-28-29(24)17-7-3-2-4-8-17/h2-15H,1H3/b26-21+. The first-order chi connectivity index (χ1) is 16.4. The molecule has 0 atom stereocenters. The van der Waals surface area contributed by atoms with Crippen molar-refractivity contribution in [3.63, 3.8) is 0 Å². The van der Waals surface area contributed by atoms with Crippen LogP contribution < -0.4 is 0 Å². The maximum Gasteiger partial charge on any atom is 0.282 e. The molecule has 0 fully saturated rings. The van der Waals surface area contributed by atoms with E-state index in [4.69, 9.17) is 0 Å². The van der Waals surface area contributed by atoms with Gasteiger partial charge in [0.05, 0.1) is 21.2 Å². The zero-order valence-electron chi connectivity index (χ0n) is 17.9. The van der Waals surface area contributed by atoms with Crippen LogP contribution in [-0.2, 0) is 10.0 Å². The Labute approximate surface area is 200 Å². The number of tetrazole rings is 1. The number of allylic oxidation sites excluding steroid dienone is 2. The van der Waals surface area contributed by atoms with Crippen LogP contribution in [0.25, 0.3) is 5.69 Å². The van der Waals surface area contributed by atoms with Gasteiger partial charge in [-0.3, -0.25) is 4.79 Å². The fraction of sp³-hybridized carbons (Fsp3) is 0.0417. The molecule has 1 aliphatic carbocycles. The zero-order valence-corrected chi connectivity index (χ0v) is 19.5. The Kier molecular flexibility index (Phi) is 5.68. The summed E-state index contributed by atoms with van der Waals surface area (Å²) >= 11 is 1.05. The third kappa shape index (κ3) is 4.20. The van der Waals surface area contributed by atoms with Crippen molar-refractivity contribution < 1.29 is 13.2 Å². The van der Waals surface area contributed by atoms with Crippen LogP contribution in [0.5, 0.6) is 0 Å². The first kappa shape index (κ1) is 21.9. The van der Waals surface area contributed by atoms with Gasteiger partial charge in [-0.2, -0.15) is 17.5 Å². The van der Waals surface area contributed by atoms with Crippen molar-refractivity contribution >= 4 is 33.3 Å². The Morgan fingerprint density at radius 1 is 0.882 bits per heavy atom. The highest BCUT2D eigenvalue weighted by molar-refractivity contribution is 8.04. The van der Waals surface area contributed by atoms with Gasteiger partial charge in [0.1, 0.15) is 0 Å². The number of rotatable bonds is 5. The summed E-state index contributed by atoms with van der Waals surface area (Å²) in [5.74, 6) is -0.255. The molecule has 10 heteroatoms. The van der Waals surface area contributed by atoms with E-state index < -0.39 is 10.0 Å². The minimum absolute atomic E-state index is 0.0793. The molecule has 0 spiro atoms. The molecule has 0 saturated heterocycles. The molecule has 0 bridgehead atoms. The van der Waals surface area contributed by atoms with Gasteiger partial charge in [-0.05, 0) is 59.5 Å². The number of hydrogen-bond donors (Lipinski definition) is 0. The number of Topliss-reactive ketones (excluding diaryl/α,β-unsaturated/α-hetero) is 1. The number of fused-ring (bicyclic) bond motifs is 1. The summed E-state index contributed by atoms with van der Waals surface area (Å²) in [5, 5.41) is 12.2. The molecule has 3 aromatic carbocycles. The average Bonchev–Trinajstić information content (AvgIpc) is 3.31. The number of sulfonamides is 1. The van der Waals surface area contributed by atoms with Crippen LogP contribution in [0.15, 0.2) is 104 Å². The molecule has 5 rings (SSSR count). The van der Waals surface area contributed by atoms with E-state index in [-0.39, 0.29) is 21.3 Å². The summed E-state index contributed by atoms with van der Waals surface area (Å²) in [5.41, 5.74) is 2.67. The summed E-state index contributed by atoms with van der Waals surface area (Å²) in [6, 6.07) is 22.5. The third-order valence-corrected chi connectivity index (χ3v) is 7.38. The lowest BCUT2D eigenvalue weighted by Gasteiger charge is -2.17. The molecule has 34 heavy (non-hydrogen) atoms. The lowest BCUT2D eigenvalue weighted by atomic mass is 9.94.